The minimum atomic E-state index is -0.269. The van der Waals surface area contributed by atoms with Crippen LogP contribution in [0.1, 0.15) is 38.8 Å². The van der Waals surface area contributed by atoms with Crippen LogP contribution in [0.15, 0.2) is 54.2 Å². The summed E-state index contributed by atoms with van der Waals surface area (Å²) < 4.78 is 5.77. The van der Waals surface area contributed by atoms with Gasteiger partial charge in [-0.2, -0.15) is 0 Å². The first kappa shape index (κ1) is 23.1. The molecule has 0 aromatic heterocycles. The van der Waals surface area contributed by atoms with Gasteiger partial charge in [-0.15, -0.1) is 0 Å². The number of ether oxygens (including phenoxy) is 1. The lowest BCUT2D eigenvalue weighted by molar-refractivity contribution is -0.120. The van der Waals surface area contributed by atoms with Crippen molar-refractivity contribution in [3.8, 4) is 5.75 Å². The van der Waals surface area contributed by atoms with Crippen LogP contribution in [0.5, 0.6) is 5.75 Å². The number of rotatable bonds is 7. The van der Waals surface area contributed by atoms with Gasteiger partial charge in [-0.05, 0) is 62.2 Å². The molecule has 2 amide bonds. The Hall–Kier alpha value is -3.12. The Morgan fingerprint density at radius 2 is 1.48 bits per heavy atom. The fraction of sp³-hybridized carbons (Fsp3) is 0.407. The summed E-state index contributed by atoms with van der Waals surface area (Å²) in [4.78, 5) is 33.1. The first-order chi connectivity index (χ1) is 15.9. The van der Waals surface area contributed by atoms with Crippen LogP contribution in [-0.2, 0) is 16.0 Å². The highest BCUT2D eigenvalue weighted by Gasteiger charge is 2.43. The fourth-order valence-corrected chi connectivity index (χ4v) is 4.45. The van der Waals surface area contributed by atoms with E-state index in [9.17, 15) is 9.59 Å². The summed E-state index contributed by atoms with van der Waals surface area (Å²) in [7, 11) is 0. The second kappa shape index (κ2) is 9.79. The predicted molar refractivity (Wildman–Crippen MR) is 131 cm³/mol. The van der Waals surface area contributed by atoms with Crippen LogP contribution >= 0.6 is 0 Å². The smallest absolute Gasteiger partial charge is 0.282 e. The number of hydrogen-bond acceptors (Lipinski definition) is 5. The molecule has 4 rings (SSSR count). The van der Waals surface area contributed by atoms with Crippen molar-refractivity contribution in [3.05, 3.63) is 65.4 Å². The molecule has 0 aliphatic carbocycles. The lowest BCUT2D eigenvalue weighted by Crippen LogP contribution is -2.47. The number of aryl methyl sites for hydroxylation is 1. The molecule has 1 saturated heterocycles. The van der Waals surface area contributed by atoms with Crippen LogP contribution in [0, 0.1) is 0 Å². The number of nitrogens with zero attached hydrogens (tertiary/aromatic N) is 3. The van der Waals surface area contributed by atoms with E-state index in [-0.39, 0.29) is 17.9 Å². The second-order valence-corrected chi connectivity index (χ2v) is 8.80. The van der Waals surface area contributed by atoms with Crippen molar-refractivity contribution in [1.82, 2.24) is 9.80 Å². The summed E-state index contributed by atoms with van der Waals surface area (Å²) in [6.07, 6.45) is 0.973. The number of amides is 2. The maximum Gasteiger partial charge on any atom is 0.282 e. The molecule has 6 heteroatoms. The van der Waals surface area contributed by atoms with Gasteiger partial charge in [-0.25, -0.2) is 4.90 Å². The zero-order valence-corrected chi connectivity index (χ0v) is 20.0. The Labute approximate surface area is 196 Å². The second-order valence-electron chi connectivity index (χ2n) is 8.80. The predicted octanol–water partition coefficient (Wildman–Crippen LogP) is 3.96. The molecule has 2 aliphatic heterocycles. The third-order valence-corrected chi connectivity index (χ3v) is 6.31. The standard InChI is InChI=1S/C27H33N3O3/c1-5-20-7-11-22(12-8-20)30-26(31)24(21-9-13-23(14-10-21)33-19(3)4)25(27(30)32)29-17-15-28(6-2)16-18-29/h7-14,19H,5-6,15-18H2,1-4H3. The quantitative estimate of drug-likeness (QED) is 0.602. The first-order valence-corrected chi connectivity index (χ1v) is 11.9. The van der Waals surface area contributed by atoms with Crippen LogP contribution in [-0.4, -0.2) is 60.4 Å². The third-order valence-electron chi connectivity index (χ3n) is 6.31. The highest BCUT2D eigenvalue weighted by atomic mass is 16.5. The van der Waals surface area contributed by atoms with Gasteiger partial charge in [0.1, 0.15) is 11.4 Å². The number of carbonyl (C=O) groups excluding carboxylic acids is 2. The molecule has 2 aromatic rings. The Morgan fingerprint density at radius 3 is 2.03 bits per heavy atom. The molecule has 0 unspecified atom stereocenters. The number of piperazine rings is 1. The molecule has 6 nitrogen and oxygen atoms in total. The van der Waals surface area contributed by atoms with E-state index in [2.05, 4.69) is 23.6 Å². The van der Waals surface area contributed by atoms with Gasteiger partial charge in [-0.1, -0.05) is 38.1 Å². The average Bonchev–Trinajstić information content (AvgIpc) is 3.09. The minimum absolute atomic E-state index is 0.0664. The van der Waals surface area contributed by atoms with E-state index < -0.39 is 0 Å². The summed E-state index contributed by atoms with van der Waals surface area (Å²) in [5.74, 6) is 0.234. The normalized spacial score (nSPS) is 17.5. The molecule has 0 saturated carbocycles. The summed E-state index contributed by atoms with van der Waals surface area (Å²) in [5, 5.41) is 0. The van der Waals surface area contributed by atoms with Gasteiger partial charge in [0.2, 0.25) is 0 Å². The monoisotopic (exact) mass is 447 g/mol. The van der Waals surface area contributed by atoms with Gasteiger partial charge in [0.15, 0.2) is 0 Å². The van der Waals surface area contributed by atoms with Gasteiger partial charge >= 0.3 is 0 Å². The molecule has 0 bridgehead atoms. The zero-order chi connectivity index (χ0) is 23.5. The van der Waals surface area contributed by atoms with Crippen molar-refractivity contribution < 1.29 is 14.3 Å². The molecule has 33 heavy (non-hydrogen) atoms. The van der Waals surface area contributed by atoms with Crippen LogP contribution in [0.3, 0.4) is 0 Å². The van der Waals surface area contributed by atoms with Gasteiger partial charge in [0.05, 0.1) is 17.4 Å². The zero-order valence-electron chi connectivity index (χ0n) is 20.0. The van der Waals surface area contributed by atoms with Crippen molar-refractivity contribution in [1.29, 1.82) is 0 Å². The SMILES string of the molecule is CCc1ccc(N2C(=O)C(c3ccc(OC(C)C)cc3)=C(N3CCN(CC)CC3)C2=O)cc1. The molecule has 0 atom stereocenters. The lowest BCUT2D eigenvalue weighted by atomic mass is 10.0. The number of imide groups is 1. The van der Waals surface area contributed by atoms with Gasteiger partial charge < -0.3 is 14.5 Å². The molecule has 2 aliphatic rings. The maximum absolute atomic E-state index is 13.7. The third kappa shape index (κ3) is 4.67. The Balaban J connectivity index is 1.72. The molecule has 1 fully saturated rings. The molecular formula is C27H33N3O3. The minimum Gasteiger partial charge on any atom is -0.491 e. The Bertz CT molecular complexity index is 1030. The summed E-state index contributed by atoms with van der Waals surface area (Å²) in [6, 6.07) is 15.2. The van der Waals surface area contributed by atoms with Crippen molar-refractivity contribution in [3.63, 3.8) is 0 Å². The number of anilines is 1. The molecule has 2 aromatic carbocycles. The largest absolute Gasteiger partial charge is 0.491 e. The molecule has 174 valence electrons. The van der Waals surface area contributed by atoms with E-state index in [1.807, 2.05) is 62.4 Å². The van der Waals surface area contributed by atoms with Crippen molar-refractivity contribution in [2.24, 2.45) is 0 Å². The van der Waals surface area contributed by atoms with Crippen LogP contribution in [0.2, 0.25) is 0 Å². The Kier molecular flexibility index (Phi) is 6.84. The van der Waals surface area contributed by atoms with Crippen LogP contribution < -0.4 is 9.64 Å². The maximum atomic E-state index is 13.7. The van der Waals surface area contributed by atoms with Crippen molar-refractivity contribution >= 4 is 23.1 Å². The van der Waals surface area contributed by atoms with Crippen LogP contribution in [0.4, 0.5) is 5.69 Å². The topological polar surface area (TPSA) is 53.1 Å². The first-order valence-electron chi connectivity index (χ1n) is 11.9. The molecule has 2 heterocycles. The van der Waals surface area contributed by atoms with Crippen LogP contribution in [0.25, 0.3) is 5.57 Å². The number of benzene rings is 2. The number of hydrogen-bond donors (Lipinski definition) is 0. The van der Waals surface area contributed by atoms with Gasteiger partial charge in [0, 0.05) is 26.2 Å². The Morgan fingerprint density at radius 1 is 0.848 bits per heavy atom. The molecule has 0 spiro atoms. The van der Waals surface area contributed by atoms with E-state index >= 15 is 0 Å². The summed E-state index contributed by atoms with van der Waals surface area (Å²) in [5.41, 5.74) is 3.50. The van der Waals surface area contributed by atoms with E-state index in [0.717, 1.165) is 50.5 Å². The highest BCUT2D eigenvalue weighted by Crippen LogP contribution is 2.36. The highest BCUT2D eigenvalue weighted by molar-refractivity contribution is 6.45. The van der Waals surface area contributed by atoms with Crippen molar-refractivity contribution in [2.75, 3.05) is 37.6 Å². The fourth-order valence-electron chi connectivity index (χ4n) is 4.45. The van der Waals surface area contributed by atoms with Crippen molar-refractivity contribution in [2.45, 2.75) is 40.2 Å². The number of carbonyl (C=O) groups is 2. The van der Waals surface area contributed by atoms with Gasteiger partial charge in [-0.3, -0.25) is 9.59 Å². The molecule has 0 radical (unpaired) electrons. The van der Waals surface area contributed by atoms with Gasteiger partial charge in [0.25, 0.3) is 11.8 Å². The summed E-state index contributed by atoms with van der Waals surface area (Å²) in [6.45, 7) is 12.4. The van der Waals surface area contributed by atoms with E-state index in [1.165, 1.54) is 10.5 Å². The van der Waals surface area contributed by atoms with E-state index in [1.54, 1.807) is 0 Å². The molecule has 0 N–H and O–H groups in total. The molecular weight excluding hydrogens is 414 g/mol. The van der Waals surface area contributed by atoms with E-state index in [0.29, 0.717) is 17.0 Å². The summed E-state index contributed by atoms with van der Waals surface area (Å²) >= 11 is 0. The average molecular weight is 448 g/mol. The lowest BCUT2D eigenvalue weighted by Gasteiger charge is -2.36. The van der Waals surface area contributed by atoms with E-state index in [4.69, 9.17) is 4.74 Å². The number of likely N-dealkylation sites (N-methyl/N-ethyl adjacent to an activating group) is 1.